The van der Waals surface area contributed by atoms with Gasteiger partial charge in [0.15, 0.2) is 12.0 Å². The van der Waals surface area contributed by atoms with Crippen molar-refractivity contribution in [1.82, 2.24) is 0 Å². The van der Waals surface area contributed by atoms with E-state index in [1.165, 1.54) is 6.07 Å². The molecule has 0 atom stereocenters. The predicted molar refractivity (Wildman–Crippen MR) is 108 cm³/mol. The maximum Gasteiger partial charge on any atom is 0.341 e. The number of halogens is 2. The van der Waals surface area contributed by atoms with E-state index in [4.69, 9.17) is 37.5 Å². The quantitative estimate of drug-likeness (QED) is 0.643. The van der Waals surface area contributed by atoms with Gasteiger partial charge in [-0.15, -0.1) is 0 Å². The van der Waals surface area contributed by atoms with Crippen LogP contribution in [0, 0.1) is 0 Å². The number of rotatable bonds is 4. The molecule has 28 heavy (non-hydrogen) atoms. The first kappa shape index (κ1) is 18.6. The number of hydrogen-bond acceptors (Lipinski definition) is 4. The molecule has 3 aromatic rings. The molecule has 1 heterocycles. The van der Waals surface area contributed by atoms with E-state index in [1.54, 1.807) is 30.3 Å². The average molecular weight is 417 g/mol. The zero-order chi connectivity index (χ0) is 19.8. The second-order valence-electron chi connectivity index (χ2n) is 6.38. The van der Waals surface area contributed by atoms with Crippen LogP contribution in [0.3, 0.4) is 0 Å². The van der Waals surface area contributed by atoms with Crippen LogP contribution in [-0.4, -0.2) is 17.7 Å². The molecular formula is C21H14Cl2O5. The summed E-state index contributed by atoms with van der Waals surface area (Å²) in [5.41, 5.74) is 2.36. The fourth-order valence-electron chi connectivity index (χ4n) is 3.27. The van der Waals surface area contributed by atoms with E-state index in [2.05, 4.69) is 0 Å². The molecule has 1 aliphatic rings. The van der Waals surface area contributed by atoms with E-state index < -0.39 is 12.6 Å². The van der Waals surface area contributed by atoms with Crippen molar-refractivity contribution in [1.29, 1.82) is 0 Å². The van der Waals surface area contributed by atoms with Crippen molar-refractivity contribution < 1.29 is 19.1 Å². The fraction of sp³-hybridized carbons (Fsp3) is 0.143. The summed E-state index contributed by atoms with van der Waals surface area (Å²) in [5, 5.41) is 10.2. The minimum atomic E-state index is -1.09. The summed E-state index contributed by atoms with van der Waals surface area (Å²) in [7, 11) is 0. The molecule has 0 fully saturated rings. The summed E-state index contributed by atoms with van der Waals surface area (Å²) < 4.78 is 11.2. The van der Waals surface area contributed by atoms with Crippen molar-refractivity contribution in [3.63, 3.8) is 0 Å². The number of fused-ring (bicyclic) bond motifs is 2. The third kappa shape index (κ3) is 3.39. The van der Waals surface area contributed by atoms with Crippen molar-refractivity contribution in [2.24, 2.45) is 0 Å². The minimum Gasteiger partial charge on any atom is -0.482 e. The van der Waals surface area contributed by atoms with Gasteiger partial charge in [0.25, 0.3) is 0 Å². The van der Waals surface area contributed by atoms with Gasteiger partial charge in [0.1, 0.15) is 17.1 Å². The van der Waals surface area contributed by atoms with Crippen LogP contribution in [0.5, 0.6) is 5.75 Å². The van der Waals surface area contributed by atoms with E-state index in [1.807, 2.05) is 6.08 Å². The van der Waals surface area contributed by atoms with Gasteiger partial charge in [-0.25, -0.2) is 4.79 Å². The lowest BCUT2D eigenvalue weighted by atomic mass is 10.1. The molecule has 7 heteroatoms. The Morgan fingerprint density at radius 3 is 2.64 bits per heavy atom. The van der Waals surface area contributed by atoms with Gasteiger partial charge in [0, 0.05) is 27.2 Å². The fourth-order valence-corrected chi connectivity index (χ4v) is 3.77. The van der Waals surface area contributed by atoms with E-state index in [9.17, 15) is 9.59 Å². The molecule has 142 valence electrons. The molecule has 1 N–H and O–H groups in total. The smallest absolute Gasteiger partial charge is 0.341 e. The monoisotopic (exact) mass is 416 g/mol. The number of hydrogen-bond donors (Lipinski definition) is 1. The lowest BCUT2D eigenvalue weighted by Gasteiger charge is -2.07. The normalized spacial score (nSPS) is 14.4. The van der Waals surface area contributed by atoms with Crippen LogP contribution in [0.25, 0.3) is 22.6 Å². The molecular weight excluding hydrogens is 403 g/mol. The Labute approximate surface area is 169 Å². The van der Waals surface area contributed by atoms with Crippen molar-refractivity contribution in [2.45, 2.75) is 12.8 Å². The molecule has 4 rings (SSSR count). The summed E-state index contributed by atoms with van der Waals surface area (Å²) in [5.74, 6) is -0.267. The van der Waals surface area contributed by atoms with Gasteiger partial charge >= 0.3 is 5.97 Å². The zero-order valence-corrected chi connectivity index (χ0v) is 16.0. The van der Waals surface area contributed by atoms with E-state index in [0.29, 0.717) is 56.5 Å². The minimum absolute atomic E-state index is 0.102. The van der Waals surface area contributed by atoms with Gasteiger partial charge in [0.2, 0.25) is 0 Å². The second kappa shape index (κ2) is 7.34. The molecule has 0 saturated carbocycles. The van der Waals surface area contributed by atoms with Gasteiger partial charge in [0.05, 0.1) is 5.39 Å². The highest BCUT2D eigenvalue weighted by Crippen LogP contribution is 2.37. The molecule has 0 radical (unpaired) electrons. The van der Waals surface area contributed by atoms with E-state index >= 15 is 0 Å². The number of aliphatic carboxylic acids is 1. The van der Waals surface area contributed by atoms with Crippen LogP contribution in [0.4, 0.5) is 0 Å². The van der Waals surface area contributed by atoms with Crippen molar-refractivity contribution in [3.8, 4) is 5.75 Å². The summed E-state index contributed by atoms with van der Waals surface area (Å²) >= 11 is 12.5. The molecule has 1 aliphatic carbocycles. The Hall–Kier alpha value is -2.76. The summed E-state index contributed by atoms with van der Waals surface area (Å²) in [4.78, 5) is 23.5. The number of ether oxygens (including phenoxy) is 1. The van der Waals surface area contributed by atoms with Crippen molar-refractivity contribution >= 4 is 51.8 Å². The van der Waals surface area contributed by atoms with Gasteiger partial charge < -0.3 is 14.3 Å². The lowest BCUT2D eigenvalue weighted by molar-refractivity contribution is -0.139. The zero-order valence-electron chi connectivity index (χ0n) is 14.5. The standard InChI is InChI=1S/C21H14Cl2O5/c22-16-2-1-3-17(23)15(16)8-11-4-6-14-20(26)13-7-5-12(27-10-19(24)25)9-18(13)28-21(11)14/h1-3,5,7-9H,4,6,10H2,(H,24,25)/b11-8+. The summed E-state index contributed by atoms with van der Waals surface area (Å²) in [6, 6.07) is 9.94. The number of allylic oxidation sites excluding steroid dienone is 1. The Morgan fingerprint density at radius 2 is 1.93 bits per heavy atom. The molecule has 0 saturated heterocycles. The largest absolute Gasteiger partial charge is 0.482 e. The first-order chi connectivity index (χ1) is 13.4. The van der Waals surface area contributed by atoms with Gasteiger partial charge in [-0.1, -0.05) is 29.3 Å². The highest BCUT2D eigenvalue weighted by atomic mass is 35.5. The first-order valence-corrected chi connectivity index (χ1v) is 9.29. The van der Waals surface area contributed by atoms with Crippen LogP contribution in [-0.2, 0) is 11.2 Å². The SMILES string of the molecule is O=C(O)COc1ccc2c(=O)c3c(oc2c1)/C(=C/c1c(Cl)cccc1Cl)CC3. The molecule has 0 amide bonds. The topological polar surface area (TPSA) is 76.7 Å². The maximum absolute atomic E-state index is 12.9. The lowest BCUT2D eigenvalue weighted by Crippen LogP contribution is -2.10. The number of carboxylic acids is 1. The Morgan fingerprint density at radius 1 is 1.18 bits per heavy atom. The van der Waals surface area contributed by atoms with Crippen molar-refractivity contribution in [2.75, 3.05) is 6.61 Å². The second-order valence-corrected chi connectivity index (χ2v) is 7.20. The van der Waals surface area contributed by atoms with Gasteiger partial charge in [-0.05, 0) is 48.8 Å². The maximum atomic E-state index is 12.9. The van der Waals surface area contributed by atoms with Crippen LogP contribution in [0.1, 0.15) is 23.3 Å². The number of carboxylic acid groups (broad SMARTS) is 1. The Kier molecular flexibility index (Phi) is 4.87. The molecule has 2 aromatic carbocycles. The summed E-state index contributed by atoms with van der Waals surface area (Å²) in [6.45, 7) is -0.475. The third-order valence-corrected chi connectivity index (χ3v) is 5.23. The Balaban J connectivity index is 1.82. The van der Waals surface area contributed by atoms with Crippen LogP contribution < -0.4 is 10.2 Å². The Bertz CT molecular complexity index is 1170. The molecule has 0 spiro atoms. The highest BCUT2D eigenvalue weighted by Gasteiger charge is 2.24. The van der Waals surface area contributed by atoms with Crippen LogP contribution in [0.15, 0.2) is 45.6 Å². The number of carbonyl (C=O) groups is 1. The molecule has 5 nitrogen and oxygen atoms in total. The molecule has 0 bridgehead atoms. The predicted octanol–water partition coefficient (Wildman–Crippen LogP) is 5.05. The molecule has 1 aromatic heterocycles. The van der Waals surface area contributed by atoms with E-state index in [0.717, 1.165) is 5.57 Å². The van der Waals surface area contributed by atoms with Crippen LogP contribution in [0.2, 0.25) is 10.0 Å². The summed E-state index contributed by atoms with van der Waals surface area (Å²) in [6.07, 6.45) is 3.04. The highest BCUT2D eigenvalue weighted by molar-refractivity contribution is 6.37. The van der Waals surface area contributed by atoms with Crippen LogP contribution >= 0.6 is 23.2 Å². The van der Waals surface area contributed by atoms with Gasteiger partial charge in [-0.2, -0.15) is 0 Å². The van der Waals surface area contributed by atoms with Crippen molar-refractivity contribution in [3.05, 3.63) is 73.6 Å². The first-order valence-electron chi connectivity index (χ1n) is 8.53. The van der Waals surface area contributed by atoms with E-state index in [-0.39, 0.29) is 5.43 Å². The number of benzene rings is 2. The molecule has 0 aliphatic heterocycles. The van der Waals surface area contributed by atoms with Gasteiger partial charge in [-0.3, -0.25) is 4.79 Å². The third-order valence-electron chi connectivity index (χ3n) is 4.57. The molecule has 0 unspecified atom stereocenters. The average Bonchev–Trinajstić information content (AvgIpc) is 3.06.